The number of aromatic nitrogens is 2. The van der Waals surface area contributed by atoms with E-state index in [9.17, 15) is 0 Å². The van der Waals surface area contributed by atoms with Crippen molar-refractivity contribution in [3.05, 3.63) is 6.33 Å². The maximum absolute atomic E-state index is 5.71. The molecule has 0 saturated heterocycles. The van der Waals surface area contributed by atoms with Crippen molar-refractivity contribution in [1.29, 1.82) is 0 Å². The number of hydrogen-bond acceptors (Lipinski definition) is 5. The average molecular weight is 185 g/mol. The van der Waals surface area contributed by atoms with Crippen LogP contribution in [-0.2, 0) is 0 Å². The maximum Gasteiger partial charge on any atom is 0.241 e. The molecule has 0 unspecified atom stereocenters. The van der Waals surface area contributed by atoms with Crippen molar-refractivity contribution in [3.63, 3.8) is 0 Å². The van der Waals surface area contributed by atoms with Crippen molar-refractivity contribution < 1.29 is 4.74 Å². The molecule has 2 N–H and O–H groups in total. The monoisotopic (exact) mass is 185 g/mol. The van der Waals surface area contributed by atoms with Crippen molar-refractivity contribution in [2.45, 2.75) is 11.9 Å². The van der Waals surface area contributed by atoms with E-state index in [4.69, 9.17) is 10.5 Å². The fraction of sp³-hybridized carbons (Fsp3) is 0.429. The molecule has 4 nitrogen and oxygen atoms in total. The quantitative estimate of drug-likeness (QED) is 0.566. The van der Waals surface area contributed by atoms with E-state index >= 15 is 0 Å². The van der Waals surface area contributed by atoms with Crippen molar-refractivity contribution in [1.82, 2.24) is 9.97 Å². The van der Waals surface area contributed by atoms with Crippen LogP contribution in [0, 0.1) is 0 Å². The van der Waals surface area contributed by atoms with Gasteiger partial charge in [-0.2, -0.15) is 4.98 Å². The number of thioether (sulfide) groups is 1. The standard InChI is InChI=1S/C7H11N3OS/c1-3-11-6-5(8)7(12-2)10-4-9-6/h4H,3,8H2,1-2H3. The number of nitrogen functional groups attached to an aromatic ring is 1. The lowest BCUT2D eigenvalue weighted by Gasteiger charge is -2.06. The first-order chi connectivity index (χ1) is 5.79. The number of hydrogen-bond donors (Lipinski definition) is 1. The molecule has 12 heavy (non-hydrogen) atoms. The lowest BCUT2D eigenvalue weighted by Crippen LogP contribution is -2.01. The number of ether oxygens (including phenoxy) is 1. The molecule has 1 heterocycles. The third kappa shape index (κ3) is 1.79. The predicted octanol–water partition coefficient (Wildman–Crippen LogP) is 1.18. The first-order valence-corrected chi connectivity index (χ1v) is 4.79. The van der Waals surface area contributed by atoms with Crippen LogP contribution in [0.25, 0.3) is 0 Å². The lowest BCUT2D eigenvalue weighted by atomic mass is 10.5. The molecule has 0 atom stereocenters. The topological polar surface area (TPSA) is 61.0 Å². The second-order valence-electron chi connectivity index (χ2n) is 2.03. The number of rotatable bonds is 3. The third-order valence-electron chi connectivity index (χ3n) is 1.29. The molecule has 0 aliphatic carbocycles. The van der Waals surface area contributed by atoms with Gasteiger partial charge in [0.25, 0.3) is 0 Å². The van der Waals surface area contributed by atoms with Crippen LogP contribution in [0.15, 0.2) is 11.4 Å². The number of nitrogens with two attached hydrogens (primary N) is 1. The van der Waals surface area contributed by atoms with Gasteiger partial charge in [-0.25, -0.2) is 4.98 Å². The zero-order chi connectivity index (χ0) is 8.97. The molecule has 1 aromatic heterocycles. The fourth-order valence-electron chi connectivity index (χ4n) is 0.779. The molecule has 5 heteroatoms. The molecular formula is C7H11N3OS. The van der Waals surface area contributed by atoms with Gasteiger partial charge in [0.15, 0.2) is 0 Å². The molecule has 0 aliphatic heterocycles. The van der Waals surface area contributed by atoms with Crippen LogP contribution in [-0.4, -0.2) is 22.8 Å². The van der Waals surface area contributed by atoms with Gasteiger partial charge in [0, 0.05) is 0 Å². The van der Waals surface area contributed by atoms with Crippen molar-refractivity contribution >= 4 is 17.4 Å². The van der Waals surface area contributed by atoms with Gasteiger partial charge in [-0.1, -0.05) is 0 Å². The first kappa shape index (κ1) is 9.12. The van der Waals surface area contributed by atoms with Crippen molar-refractivity contribution in [2.24, 2.45) is 0 Å². The highest BCUT2D eigenvalue weighted by molar-refractivity contribution is 7.98. The van der Waals surface area contributed by atoms with E-state index in [2.05, 4.69) is 9.97 Å². The zero-order valence-corrected chi connectivity index (χ0v) is 7.89. The highest BCUT2D eigenvalue weighted by Crippen LogP contribution is 2.26. The molecule has 0 fully saturated rings. The second-order valence-corrected chi connectivity index (χ2v) is 2.83. The van der Waals surface area contributed by atoms with Gasteiger partial charge < -0.3 is 10.5 Å². The van der Waals surface area contributed by atoms with Crippen LogP contribution in [0.4, 0.5) is 5.69 Å². The summed E-state index contributed by atoms with van der Waals surface area (Å²) in [5.41, 5.74) is 6.23. The van der Waals surface area contributed by atoms with E-state index in [1.165, 1.54) is 18.1 Å². The maximum atomic E-state index is 5.71. The fourth-order valence-corrected chi connectivity index (χ4v) is 1.24. The van der Waals surface area contributed by atoms with Crippen LogP contribution in [0.5, 0.6) is 5.88 Å². The van der Waals surface area contributed by atoms with E-state index < -0.39 is 0 Å². The van der Waals surface area contributed by atoms with Gasteiger partial charge in [0.2, 0.25) is 5.88 Å². The van der Waals surface area contributed by atoms with Gasteiger partial charge in [0.05, 0.1) is 6.61 Å². The molecule has 0 saturated carbocycles. The molecule has 0 aromatic carbocycles. The Morgan fingerprint density at radius 3 is 2.92 bits per heavy atom. The SMILES string of the molecule is CCOc1ncnc(SC)c1N. The molecular weight excluding hydrogens is 174 g/mol. The summed E-state index contributed by atoms with van der Waals surface area (Å²) in [4.78, 5) is 7.89. The van der Waals surface area contributed by atoms with Gasteiger partial charge in [0.1, 0.15) is 17.0 Å². The van der Waals surface area contributed by atoms with Gasteiger partial charge >= 0.3 is 0 Å². The normalized spacial score (nSPS) is 9.83. The molecule has 1 rings (SSSR count). The smallest absolute Gasteiger partial charge is 0.241 e. The summed E-state index contributed by atoms with van der Waals surface area (Å²) >= 11 is 1.48. The Kier molecular flexibility index (Phi) is 3.16. The molecule has 0 aliphatic rings. The van der Waals surface area contributed by atoms with E-state index in [0.29, 0.717) is 18.2 Å². The minimum atomic E-state index is 0.469. The second kappa shape index (κ2) is 4.15. The Labute approximate surface area is 75.5 Å². The molecule has 0 bridgehead atoms. The highest BCUT2D eigenvalue weighted by atomic mass is 32.2. The summed E-state index contributed by atoms with van der Waals surface area (Å²) < 4.78 is 5.19. The summed E-state index contributed by atoms with van der Waals surface area (Å²) in [6.45, 7) is 2.45. The minimum absolute atomic E-state index is 0.469. The molecule has 0 amide bonds. The van der Waals surface area contributed by atoms with Gasteiger partial charge in [-0.3, -0.25) is 0 Å². The Bertz CT molecular complexity index is 267. The zero-order valence-electron chi connectivity index (χ0n) is 7.07. The molecule has 0 spiro atoms. The lowest BCUT2D eigenvalue weighted by molar-refractivity contribution is 0.327. The van der Waals surface area contributed by atoms with Crippen LogP contribution in [0.1, 0.15) is 6.92 Å². The largest absolute Gasteiger partial charge is 0.476 e. The minimum Gasteiger partial charge on any atom is -0.476 e. The molecule has 1 aromatic rings. The summed E-state index contributed by atoms with van der Waals surface area (Å²) in [6, 6.07) is 0. The van der Waals surface area contributed by atoms with Crippen LogP contribution < -0.4 is 10.5 Å². The Hall–Kier alpha value is -0.970. The van der Waals surface area contributed by atoms with Gasteiger partial charge in [-0.05, 0) is 13.2 Å². The van der Waals surface area contributed by atoms with Crippen molar-refractivity contribution in [3.8, 4) is 5.88 Å². The molecule has 66 valence electrons. The average Bonchev–Trinajstić information content (AvgIpc) is 2.09. The summed E-state index contributed by atoms with van der Waals surface area (Å²) in [5, 5.41) is 0.758. The van der Waals surface area contributed by atoms with Crippen LogP contribution in [0.3, 0.4) is 0 Å². The molecule has 0 radical (unpaired) electrons. The van der Waals surface area contributed by atoms with Crippen LogP contribution >= 0.6 is 11.8 Å². The van der Waals surface area contributed by atoms with E-state index in [1.807, 2.05) is 13.2 Å². The van der Waals surface area contributed by atoms with E-state index in [0.717, 1.165) is 5.03 Å². The first-order valence-electron chi connectivity index (χ1n) is 3.56. The summed E-state index contributed by atoms with van der Waals surface area (Å²) in [6.07, 6.45) is 3.36. The van der Waals surface area contributed by atoms with E-state index in [1.54, 1.807) is 0 Å². The number of anilines is 1. The third-order valence-corrected chi connectivity index (χ3v) is 2.00. The van der Waals surface area contributed by atoms with Crippen molar-refractivity contribution in [2.75, 3.05) is 18.6 Å². The Morgan fingerprint density at radius 1 is 1.58 bits per heavy atom. The van der Waals surface area contributed by atoms with Gasteiger partial charge in [-0.15, -0.1) is 11.8 Å². The van der Waals surface area contributed by atoms with Crippen LogP contribution in [0.2, 0.25) is 0 Å². The number of nitrogens with zero attached hydrogens (tertiary/aromatic N) is 2. The highest BCUT2D eigenvalue weighted by Gasteiger charge is 2.06. The summed E-state index contributed by atoms with van der Waals surface area (Å²) in [5.74, 6) is 0.469. The predicted molar refractivity (Wildman–Crippen MR) is 49.4 cm³/mol. The Balaban J connectivity index is 2.97. The van der Waals surface area contributed by atoms with E-state index in [-0.39, 0.29) is 0 Å². The Morgan fingerprint density at radius 2 is 2.33 bits per heavy atom. The summed E-state index contributed by atoms with van der Waals surface area (Å²) in [7, 11) is 0.